The number of hydrogen-bond donors (Lipinski definition) is 1. The third-order valence-corrected chi connectivity index (χ3v) is 5.14. The molecule has 6 heteroatoms. The average molecular weight is 370 g/mol. The lowest BCUT2D eigenvalue weighted by molar-refractivity contribution is -0.135. The molecule has 0 saturated carbocycles. The molecule has 0 fully saturated rings. The number of furan rings is 1. The van der Waals surface area contributed by atoms with E-state index in [1.54, 1.807) is 22.5 Å². The molecule has 0 aliphatic rings. The predicted molar refractivity (Wildman–Crippen MR) is 103 cm³/mol. The van der Waals surface area contributed by atoms with Gasteiger partial charge in [0.2, 0.25) is 11.8 Å². The molecule has 1 N–H and O–H groups in total. The molecule has 2 heterocycles. The Morgan fingerprint density at radius 2 is 2.12 bits per heavy atom. The van der Waals surface area contributed by atoms with E-state index in [4.69, 9.17) is 4.42 Å². The second-order valence-corrected chi connectivity index (χ2v) is 7.23. The molecule has 1 aromatic carbocycles. The summed E-state index contributed by atoms with van der Waals surface area (Å²) in [7, 11) is 0. The van der Waals surface area contributed by atoms with Crippen molar-refractivity contribution in [1.29, 1.82) is 0 Å². The first-order valence-corrected chi connectivity index (χ1v) is 9.48. The minimum atomic E-state index is -0.152. The van der Waals surface area contributed by atoms with Crippen LogP contribution < -0.4 is 5.32 Å². The molecule has 136 valence electrons. The van der Waals surface area contributed by atoms with Crippen molar-refractivity contribution in [1.82, 2.24) is 10.2 Å². The van der Waals surface area contributed by atoms with Gasteiger partial charge < -0.3 is 14.6 Å². The summed E-state index contributed by atoms with van der Waals surface area (Å²) >= 11 is 1.59. The van der Waals surface area contributed by atoms with Crippen LogP contribution in [0.15, 0.2) is 46.4 Å². The zero-order valence-corrected chi connectivity index (χ0v) is 15.8. The fraction of sp³-hybridized carbons (Fsp3) is 0.300. The van der Waals surface area contributed by atoms with E-state index >= 15 is 0 Å². The smallest absolute Gasteiger partial charge is 0.239 e. The van der Waals surface area contributed by atoms with Crippen LogP contribution in [-0.2, 0) is 22.6 Å². The van der Waals surface area contributed by atoms with E-state index in [2.05, 4.69) is 5.32 Å². The number of hydrogen-bond acceptors (Lipinski definition) is 4. The summed E-state index contributed by atoms with van der Waals surface area (Å²) in [5.74, 6) is -0.233. The first-order valence-electron chi connectivity index (χ1n) is 8.60. The zero-order chi connectivity index (χ0) is 18.5. The highest BCUT2D eigenvalue weighted by atomic mass is 32.1. The number of rotatable bonds is 7. The van der Waals surface area contributed by atoms with E-state index in [1.807, 2.05) is 49.6 Å². The second-order valence-electron chi connectivity index (χ2n) is 6.20. The van der Waals surface area contributed by atoms with E-state index in [0.717, 1.165) is 27.0 Å². The number of benzene rings is 1. The van der Waals surface area contributed by atoms with Crippen LogP contribution in [0, 0.1) is 6.92 Å². The van der Waals surface area contributed by atoms with Crippen molar-refractivity contribution >= 4 is 34.1 Å². The lowest BCUT2D eigenvalue weighted by Crippen LogP contribution is -2.41. The zero-order valence-electron chi connectivity index (χ0n) is 15.0. The topological polar surface area (TPSA) is 62.6 Å². The first kappa shape index (κ1) is 18.2. The van der Waals surface area contributed by atoms with Gasteiger partial charge in [-0.3, -0.25) is 9.59 Å². The van der Waals surface area contributed by atoms with Crippen LogP contribution in [0.1, 0.15) is 22.9 Å². The Labute approximate surface area is 156 Å². The molecule has 2 amide bonds. The van der Waals surface area contributed by atoms with Gasteiger partial charge in [-0.2, -0.15) is 0 Å². The summed E-state index contributed by atoms with van der Waals surface area (Å²) in [4.78, 5) is 27.4. The first-order chi connectivity index (χ1) is 12.6. The van der Waals surface area contributed by atoms with Gasteiger partial charge in [0.25, 0.3) is 0 Å². The Hall–Kier alpha value is -2.60. The average Bonchev–Trinajstić information content (AvgIpc) is 3.27. The van der Waals surface area contributed by atoms with Crippen molar-refractivity contribution < 1.29 is 14.0 Å². The summed E-state index contributed by atoms with van der Waals surface area (Å²) in [5.41, 5.74) is 2.74. The highest BCUT2D eigenvalue weighted by molar-refractivity contribution is 7.09. The van der Waals surface area contributed by atoms with Gasteiger partial charge in [0, 0.05) is 22.4 Å². The molecular formula is C20H22N2O3S. The van der Waals surface area contributed by atoms with Crippen molar-refractivity contribution in [2.45, 2.75) is 26.8 Å². The maximum absolute atomic E-state index is 12.6. The molecule has 3 rings (SSSR count). The molecule has 0 atom stereocenters. The molecular weight excluding hydrogens is 348 g/mol. The standard InChI is InChI=1S/C20H22N2O3S/c1-3-22(12-19(23)21-11-16-5-4-8-26-16)20(24)10-15-13-25-18-9-14(2)6-7-17(15)18/h4-9,13H,3,10-12H2,1-2H3,(H,21,23). The Kier molecular flexibility index (Phi) is 5.73. The molecule has 0 aliphatic carbocycles. The molecule has 0 aliphatic heterocycles. The van der Waals surface area contributed by atoms with Crippen molar-refractivity contribution in [2.24, 2.45) is 0 Å². The Morgan fingerprint density at radius 3 is 2.85 bits per heavy atom. The minimum Gasteiger partial charge on any atom is -0.464 e. The molecule has 2 aromatic heterocycles. The van der Waals surface area contributed by atoms with Gasteiger partial charge >= 0.3 is 0 Å². The van der Waals surface area contributed by atoms with Crippen LogP contribution in [0.25, 0.3) is 11.0 Å². The molecule has 0 bridgehead atoms. The highest BCUT2D eigenvalue weighted by Crippen LogP contribution is 2.23. The summed E-state index contributed by atoms with van der Waals surface area (Å²) in [5, 5.41) is 5.78. The van der Waals surface area contributed by atoms with Crippen LogP contribution in [0.5, 0.6) is 0 Å². The van der Waals surface area contributed by atoms with Gasteiger partial charge in [-0.1, -0.05) is 18.2 Å². The van der Waals surface area contributed by atoms with E-state index in [1.165, 1.54) is 0 Å². The largest absolute Gasteiger partial charge is 0.464 e. The van der Waals surface area contributed by atoms with Gasteiger partial charge in [0.1, 0.15) is 5.58 Å². The maximum Gasteiger partial charge on any atom is 0.239 e. The molecule has 26 heavy (non-hydrogen) atoms. The lowest BCUT2D eigenvalue weighted by Gasteiger charge is -2.20. The van der Waals surface area contributed by atoms with Crippen LogP contribution in [-0.4, -0.2) is 29.8 Å². The number of fused-ring (bicyclic) bond motifs is 1. The SMILES string of the molecule is CCN(CC(=O)NCc1cccs1)C(=O)Cc1coc2cc(C)ccc12. The van der Waals surface area contributed by atoms with Crippen molar-refractivity contribution in [3.05, 3.63) is 58.0 Å². The monoisotopic (exact) mass is 370 g/mol. The van der Waals surface area contributed by atoms with Gasteiger partial charge in [0.15, 0.2) is 0 Å². The molecule has 0 unspecified atom stereocenters. The molecule has 0 spiro atoms. The van der Waals surface area contributed by atoms with E-state index in [-0.39, 0.29) is 24.8 Å². The normalized spacial score (nSPS) is 10.8. The molecule has 0 radical (unpaired) electrons. The summed E-state index contributed by atoms with van der Waals surface area (Å²) < 4.78 is 5.56. The van der Waals surface area contributed by atoms with Crippen molar-refractivity contribution in [3.63, 3.8) is 0 Å². The Balaban J connectivity index is 1.60. The molecule has 0 saturated heterocycles. The summed E-state index contributed by atoms with van der Waals surface area (Å²) in [6.45, 7) is 4.92. The van der Waals surface area contributed by atoms with Gasteiger partial charge in [-0.25, -0.2) is 0 Å². The molecule has 5 nitrogen and oxygen atoms in total. The van der Waals surface area contributed by atoms with Crippen LogP contribution >= 0.6 is 11.3 Å². The number of aryl methyl sites for hydroxylation is 1. The van der Waals surface area contributed by atoms with Gasteiger partial charge in [-0.15, -0.1) is 11.3 Å². The third-order valence-electron chi connectivity index (χ3n) is 4.26. The number of nitrogens with one attached hydrogen (secondary N) is 1. The maximum atomic E-state index is 12.6. The number of carbonyl (C=O) groups excluding carboxylic acids is 2. The summed E-state index contributed by atoms with van der Waals surface area (Å²) in [6, 6.07) is 9.85. The van der Waals surface area contributed by atoms with E-state index < -0.39 is 0 Å². The van der Waals surface area contributed by atoms with E-state index in [0.29, 0.717) is 13.1 Å². The Morgan fingerprint density at radius 1 is 1.27 bits per heavy atom. The lowest BCUT2D eigenvalue weighted by atomic mass is 10.1. The van der Waals surface area contributed by atoms with Crippen molar-refractivity contribution in [2.75, 3.05) is 13.1 Å². The van der Waals surface area contributed by atoms with Crippen molar-refractivity contribution in [3.8, 4) is 0 Å². The number of likely N-dealkylation sites (N-methyl/N-ethyl adjacent to an activating group) is 1. The predicted octanol–water partition coefficient (Wildman–Crippen LogP) is 3.51. The van der Waals surface area contributed by atoms with E-state index in [9.17, 15) is 9.59 Å². The number of nitrogens with zero attached hydrogens (tertiary/aromatic N) is 1. The quantitative estimate of drug-likeness (QED) is 0.692. The minimum absolute atomic E-state index is 0.0651. The number of carbonyl (C=O) groups is 2. The highest BCUT2D eigenvalue weighted by Gasteiger charge is 2.18. The van der Waals surface area contributed by atoms with Gasteiger partial charge in [0.05, 0.1) is 25.8 Å². The fourth-order valence-electron chi connectivity index (χ4n) is 2.81. The molecule has 3 aromatic rings. The fourth-order valence-corrected chi connectivity index (χ4v) is 3.45. The van der Waals surface area contributed by atoms with Crippen LogP contribution in [0.2, 0.25) is 0 Å². The number of amides is 2. The summed E-state index contributed by atoms with van der Waals surface area (Å²) in [6.07, 6.45) is 1.86. The van der Waals surface area contributed by atoms with Crippen LogP contribution in [0.4, 0.5) is 0 Å². The van der Waals surface area contributed by atoms with Crippen LogP contribution in [0.3, 0.4) is 0 Å². The Bertz CT molecular complexity index is 899. The van der Waals surface area contributed by atoms with Gasteiger partial charge in [-0.05, 0) is 36.9 Å². The number of thiophene rings is 1. The third kappa shape index (κ3) is 4.32. The second kappa shape index (κ2) is 8.19.